The van der Waals surface area contributed by atoms with Crippen molar-refractivity contribution in [3.63, 3.8) is 0 Å². The van der Waals surface area contributed by atoms with Gasteiger partial charge in [0.05, 0.1) is 32.3 Å². The first-order valence-electron chi connectivity index (χ1n) is 8.95. The van der Waals surface area contributed by atoms with Crippen LogP contribution in [0.3, 0.4) is 0 Å². The summed E-state index contributed by atoms with van der Waals surface area (Å²) in [6.07, 6.45) is -4.75. The van der Waals surface area contributed by atoms with Crippen molar-refractivity contribution in [1.82, 2.24) is 0 Å². The van der Waals surface area contributed by atoms with Crippen LogP contribution in [0.25, 0.3) is 0 Å². The number of para-hydroxylation sites is 1. The van der Waals surface area contributed by atoms with E-state index >= 15 is 0 Å². The number of carboxylic acid groups (broad SMARTS) is 1. The van der Waals surface area contributed by atoms with Gasteiger partial charge in [0.25, 0.3) is 20.0 Å². The predicted octanol–water partition coefficient (Wildman–Crippen LogP) is 4.01. The lowest BCUT2D eigenvalue weighted by Crippen LogP contribution is -2.17. The number of nitrogens with one attached hydrogen (secondary N) is 2. The molecule has 0 aliphatic heterocycles. The highest BCUT2D eigenvalue weighted by Crippen LogP contribution is 2.31. The Kier molecular flexibility index (Phi) is 6.38. The number of aromatic carboxylic acids is 1. The molecule has 8 nitrogen and oxygen atoms in total. The molecule has 0 aromatic heterocycles. The van der Waals surface area contributed by atoms with Gasteiger partial charge in [0, 0.05) is 0 Å². The van der Waals surface area contributed by atoms with E-state index in [4.69, 9.17) is 0 Å². The second kappa shape index (κ2) is 8.75. The minimum atomic E-state index is -4.75. The number of halogens is 3. The molecule has 3 aromatic carbocycles. The fraction of sp³-hybridized carbons (Fsp3) is 0.0500. The van der Waals surface area contributed by atoms with Crippen LogP contribution in [0.1, 0.15) is 15.9 Å². The largest absolute Gasteiger partial charge is 0.478 e. The predicted molar refractivity (Wildman–Crippen MR) is 113 cm³/mol. The van der Waals surface area contributed by atoms with Gasteiger partial charge in [-0.25, -0.2) is 21.6 Å². The molecule has 0 atom stereocenters. The summed E-state index contributed by atoms with van der Waals surface area (Å²) in [5.41, 5.74) is -1.91. The van der Waals surface area contributed by atoms with Gasteiger partial charge in [-0.15, -0.1) is 0 Å². The molecule has 0 unspecified atom stereocenters. The summed E-state index contributed by atoms with van der Waals surface area (Å²) in [4.78, 5) is 10.2. The zero-order valence-electron chi connectivity index (χ0n) is 16.4. The Morgan fingerprint density at radius 2 is 1.33 bits per heavy atom. The Bertz CT molecular complexity index is 1420. The molecule has 13 heteroatoms. The van der Waals surface area contributed by atoms with Crippen molar-refractivity contribution in [3.05, 3.63) is 83.9 Å². The lowest BCUT2D eigenvalue weighted by Gasteiger charge is -2.13. The average molecular weight is 500 g/mol. The average Bonchev–Trinajstić information content (AvgIpc) is 2.73. The number of carboxylic acids is 1. The number of hydrogen-bond donors (Lipinski definition) is 3. The minimum Gasteiger partial charge on any atom is -0.478 e. The second-order valence-corrected chi connectivity index (χ2v) is 9.98. The maximum Gasteiger partial charge on any atom is 0.416 e. The van der Waals surface area contributed by atoms with Gasteiger partial charge >= 0.3 is 12.1 Å². The zero-order valence-corrected chi connectivity index (χ0v) is 18.0. The fourth-order valence-corrected chi connectivity index (χ4v) is 4.96. The van der Waals surface area contributed by atoms with Crippen LogP contribution in [0.2, 0.25) is 0 Å². The summed E-state index contributed by atoms with van der Waals surface area (Å²) < 4.78 is 93.4. The molecule has 0 heterocycles. The summed E-state index contributed by atoms with van der Waals surface area (Å²) in [5.74, 6) is -1.36. The van der Waals surface area contributed by atoms with Gasteiger partial charge in [-0.1, -0.05) is 24.3 Å². The van der Waals surface area contributed by atoms with Gasteiger partial charge in [0.1, 0.15) is 0 Å². The number of benzene rings is 3. The Morgan fingerprint density at radius 1 is 0.758 bits per heavy atom. The molecule has 0 aliphatic carbocycles. The number of rotatable bonds is 7. The van der Waals surface area contributed by atoms with Crippen LogP contribution in [0.4, 0.5) is 24.5 Å². The Morgan fingerprint density at radius 3 is 1.97 bits per heavy atom. The molecule has 3 rings (SSSR count). The first kappa shape index (κ1) is 24.1. The fourth-order valence-electron chi connectivity index (χ4n) is 2.74. The molecule has 0 spiro atoms. The van der Waals surface area contributed by atoms with Crippen molar-refractivity contribution in [1.29, 1.82) is 0 Å². The highest BCUT2D eigenvalue weighted by Gasteiger charge is 2.31. The van der Waals surface area contributed by atoms with Crippen molar-refractivity contribution in [3.8, 4) is 0 Å². The molecule has 0 radical (unpaired) electrons. The van der Waals surface area contributed by atoms with Crippen LogP contribution in [0, 0.1) is 0 Å². The number of alkyl halides is 3. The highest BCUT2D eigenvalue weighted by molar-refractivity contribution is 7.93. The molecule has 0 bridgehead atoms. The lowest BCUT2D eigenvalue weighted by molar-refractivity contribution is -0.137. The Hall–Kier alpha value is -3.58. The van der Waals surface area contributed by atoms with Crippen molar-refractivity contribution >= 4 is 37.4 Å². The van der Waals surface area contributed by atoms with Crippen LogP contribution in [-0.2, 0) is 26.2 Å². The van der Waals surface area contributed by atoms with Crippen LogP contribution in [0.5, 0.6) is 0 Å². The zero-order chi connectivity index (χ0) is 24.4. The topological polar surface area (TPSA) is 130 Å². The van der Waals surface area contributed by atoms with Crippen LogP contribution in [0.15, 0.2) is 82.6 Å². The van der Waals surface area contributed by atoms with Crippen molar-refractivity contribution in [2.75, 3.05) is 9.44 Å². The third-order valence-corrected chi connectivity index (χ3v) is 7.01. The monoisotopic (exact) mass is 500 g/mol. The SMILES string of the molecule is O=C(O)c1ccccc1NS(=O)(=O)c1cccc(NS(=O)(=O)c2cccc(C(F)(F)F)c2)c1. The van der Waals surface area contributed by atoms with Gasteiger partial charge in [-0.2, -0.15) is 13.2 Å². The molecule has 174 valence electrons. The number of sulfonamides is 2. The normalized spacial score (nSPS) is 12.2. The summed E-state index contributed by atoms with van der Waals surface area (Å²) in [6.45, 7) is 0. The maximum absolute atomic E-state index is 12.9. The second-order valence-electron chi connectivity index (χ2n) is 6.62. The van der Waals surface area contributed by atoms with E-state index < -0.39 is 47.5 Å². The molecule has 3 N–H and O–H groups in total. The first-order valence-corrected chi connectivity index (χ1v) is 11.9. The number of hydrogen-bond acceptors (Lipinski definition) is 5. The summed E-state index contributed by atoms with van der Waals surface area (Å²) in [6, 6.07) is 12.8. The number of anilines is 2. The van der Waals surface area contributed by atoms with Gasteiger partial charge in [-0.3, -0.25) is 9.44 Å². The highest BCUT2D eigenvalue weighted by atomic mass is 32.2. The first-order chi connectivity index (χ1) is 15.3. The molecule has 0 amide bonds. The maximum atomic E-state index is 12.9. The minimum absolute atomic E-state index is 0.208. The van der Waals surface area contributed by atoms with Crippen LogP contribution in [-0.4, -0.2) is 27.9 Å². The molecular weight excluding hydrogens is 485 g/mol. The Labute approximate surface area is 186 Å². The molecular formula is C20H15F3N2O6S2. The Balaban J connectivity index is 1.91. The smallest absolute Gasteiger partial charge is 0.416 e. The van der Waals surface area contributed by atoms with E-state index in [1.165, 1.54) is 36.4 Å². The molecule has 0 saturated carbocycles. The van der Waals surface area contributed by atoms with Crippen molar-refractivity contribution < 1.29 is 39.9 Å². The quantitative estimate of drug-likeness (QED) is 0.450. The number of carbonyl (C=O) groups is 1. The molecule has 0 fully saturated rings. The summed E-state index contributed by atoms with van der Waals surface area (Å²) in [5, 5.41) is 9.20. The van der Waals surface area contributed by atoms with E-state index in [0.29, 0.717) is 12.1 Å². The molecule has 3 aromatic rings. The van der Waals surface area contributed by atoms with Gasteiger partial charge < -0.3 is 5.11 Å². The van der Waals surface area contributed by atoms with E-state index in [1.54, 1.807) is 0 Å². The third kappa shape index (κ3) is 5.62. The van der Waals surface area contributed by atoms with Crippen molar-refractivity contribution in [2.45, 2.75) is 16.0 Å². The van der Waals surface area contributed by atoms with Gasteiger partial charge in [0.15, 0.2) is 0 Å². The van der Waals surface area contributed by atoms with Crippen LogP contribution >= 0.6 is 0 Å². The third-order valence-electron chi connectivity index (χ3n) is 4.27. The summed E-state index contributed by atoms with van der Waals surface area (Å²) >= 11 is 0. The summed E-state index contributed by atoms with van der Waals surface area (Å²) in [7, 11) is -8.81. The van der Waals surface area contributed by atoms with E-state index in [-0.39, 0.29) is 16.9 Å². The lowest BCUT2D eigenvalue weighted by atomic mass is 10.2. The molecule has 0 aliphatic rings. The van der Waals surface area contributed by atoms with E-state index in [0.717, 1.165) is 24.3 Å². The van der Waals surface area contributed by atoms with E-state index in [2.05, 4.69) is 4.72 Å². The van der Waals surface area contributed by atoms with E-state index in [9.17, 15) is 39.9 Å². The van der Waals surface area contributed by atoms with Gasteiger partial charge in [0.2, 0.25) is 0 Å². The van der Waals surface area contributed by atoms with Crippen molar-refractivity contribution in [2.24, 2.45) is 0 Å². The molecule has 33 heavy (non-hydrogen) atoms. The van der Waals surface area contributed by atoms with Gasteiger partial charge in [-0.05, 0) is 48.5 Å². The molecule has 0 saturated heterocycles. The standard InChI is InChI=1S/C20H15F3N2O6S2/c21-20(22,23)13-5-3-7-15(11-13)32(28,29)24-14-6-4-8-16(12-14)33(30,31)25-18-10-2-1-9-17(18)19(26)27/h1-12,24-25H,(H,26,27). The van der Waals surface area contributed by atoms with E-state index in [1.807, 2.05) is 4.72 Å². The van der Waals surface area contributed by atoms with Crippen LogP contribution < -0.4 is 9.44 Å².